The number of aryl methyl sites for hydroxylation is 1. The number of hydrogen-bond acceptors (Lipinski definition) is 4. The van der Waals surface area contributed by atoms with Crippen LogP contribution in [-0.4, -0.2) is 48.5 Å². The van der Waals surface area contributed by atoms with E-state index in [1.165, 1.54) is 18.4 Å². The van der Waals surface area contributed by atoms with E-state index in [1.807, 2.05) is 19.1 Å². The molecule has 136 valence electrons. The predicted molar refractivity (Wildman–Crippen MR) is 101 cm³/mol. The fourth-order valence-corrected chi connectivity index (χ4v) is 3.87. The molecule has 0 aliphatic carbocycles. The molecule has 1 atom stereocenters. The number of carbonyl (C=O) groups excluding carboxylic acids is 1. The first-order valence-electron chi connectivity index (χ1n) is 8.18. The van der Waals surface area contributed by atoms with E-state index in [0.717, 1.165) is 31.7 Å². The summed E-state index contributed by atoms with van der Waals surface area (Å²) in [6, 6.07) is 3.99. The van der Waals surface area contributed by atoms with E-state index in [4.69, 9.17) is 0 Å². The van der Waals surface area contributed by atoms with Gasteiger partial charge in [0.15, 0.2) is 0 Å². The van der Waals surface area contributed by atoms with Gasteiger partial charge in [-0.15, -0.1) is 24.8 Å². The molecule has 7 heteroatoms. The Labute approximate surface area is 156 Å². The number of likely N-dealkylation sites (tertiary alicyclic amines) is 1. The lowest BCUT2D eigenvalue weighted by Gasteiger charge is -2.33. The van der Waals surface area contributed by atoms with Crippen LogP contribution in [0.3, 0.4) is 0 Å². The highest BCUT2D eigenvalue weighted by Crippen LogP contribution is 2.41. The Balaban J connectivity index is 0.00000144. The molecule has 2 N–H and O–H groups in total. The smallest absolute Gasteiger partial charge is 0.237 e. The molecule has 0 aromatic carbocycles. The van der Waals surface area contributed by atoms with E-state index in [2.05, 4.69) is 27.6 Å². The van der Waals surface area contributed by atoms with Crippen LogP contribution in [0.15, 0.2) is 18.3 Å². The van der Waals surface area contributed by atoms with Gasteiger partial charge in [0.05, 0.1) is 18.3 Å². The molecule has 1 unspecified atom stereocenters. The lowest BCUT2D eigenvalue weighted by molar-refractivity contribution is -0.125. The Morgan fingerprint density at radius 1 is 1.42 bits per heavy atom. The largest absolute Gasteiger partial charge is 0.349 e. The molecule has 2 fully saturated rings. The van der Waals surface area contributed by atoms with E-state index in [1.54, 1.807) is 6.20 Å². The number of piperidine rings is 1. The predicted octanol–water partition coefficient (Wildman–Crippen LogP) is 1.92. The van der Waals surface area contributed by atoms with Crippen molar-refractivity contribution in [2.24, 2.45) is 5.41 Å². The second-order valence-electron chi connectivity index (χ2n) is 6.93. The van der Waals surface area contributed by atoms with Gasteiger partial charge < -0.3 is 10.6 Å². The van der Waals surface area contributed by atoms with Crippen LogP contribution in [-0.2, 0) is 11.3 Å². The normalized spacial score (nSPS) is 22.5. The molecule has 1 aromatic heterocycles. The van der Waals surface area contributed by atoms with Crippen molar-refractivity contribution in [2.45, 2.75) is 38.8 Å². The average molecular weight is 375 g/mol. The summed E-state index contributed by atoms with van der Waals surface area (Å²) in [4.78, 5) is 19.1. The number of pyridine rings is 1. The van der Waals surface area contributed by atoms with Crippen LogP contribution < -0.4 is 10.6 Å². The van der Waals surface area contributed by atoms with Crippen molar-refractivity contribution in [3.63, 3.8) is 0 Å². The van der Waals surface area contributed by atoms with E-state index in [9.17, 15) is 4.79 Å². The Morgan fingerprint density at radius 2 is 2.12 bits per heavy atom. The van der Waals surface area contributed by atoms with Gasteiger partial charge >= 0.3 is 0 Å². The minimum Gasteiger partial charge on any atom is -0.349 e. The maximum Gasteiger partial charge on any atom is 0.237 e. The van der Waals surface area contributed by atoms with Crippen molar-refractivity contribution >= 4 is 30.7 Å². The molecule has 1 spiro atoms. The third kappa shape index (κ3) is 4.82. The molecular formula is C17H28Cl2N4O. The van der Waals surface area contributed by atoms with Crippen LogP contribution in [0.5, 0.6) is 0 Å². The number of likely N-dealkylation sites (N-methyl/N-ethyl adjacent to an activating group) is 1. The second-order valence-corrected chi connectivity index (χ2v) is 6.93. The monoisotopic (exact) mass is 374 g/mol. The molecule has 0 bridgehead atoms. The van der Waals surface area contributed by atoms with E-state index >= 15 is 0 Å². The zero-order chi connectivity index (χ0) is 15.6. The highest BCUT2D eigenvalue weighted by Gasteiger charge is 2.45. The summed E-state index contributed by atoms with van der Waals surface area (Å²) in [5, 5.41) is 6.48. The molecule has 3 heterocycles. The molecule has 0 saturated carbocycles. The molecule has 1 amide bonds. The van der Waals surface area contributed by atoms with Gasteiger partial charge in [-0.05, 0) is 69.4 Å². The van der Waals surface area contributed by atoms with Crippen LogP contribution in [0.25, 0.3) is 0 Å². The number of amides is 1. The lowest BCUT2D eigenvalue weighted by atomic mass is 9.77. The van der Waals surface area contributed by atoms with E-state index in [-0.39, 0.29) is 36.8 Å². The minimum absolute atomic E-state index is 0. The minimum atomic E-state index is 0. The van der Waals surface area contributed by atoms with Crippen molar-refractivity contribution in [2.75, 3.05) is 26.7 Å². The third-order valence-corrected chi connectivity index (χ3v) is 5.13. The molecule has 1 aromatic rings. The molecule has 5 nitrogen and oxygen atoms in total. The topological polar surface area (TPSA) is 57.3 Å². The number of halogens is 2. The molecule has 0 radical (unpaired) electrons. The van der Waals surface area contributed by atoms with Crippen molar-refractivity contribution in [3.05, 3.63) is 29.6 Å². The van der Waals surface area contributed by atoms with Crippen LogP contribution >= 0.6 is 24.8 Å². The van der Waals surface area contributed by atoms with Crippen LogP contribution in [0.4, 0.5) is 0 Å². The number of rotatable bonds is 3. The average Bonchev–Trinajstić information content (AvgIpc) is 2.82. The van der Waals surface area contributed by atoms with Crippen molar-refractivity contribution in [1.29, 1.82) is 0 Å². The van der Waals surface area contributed by atoms with Crippen molar-refractivity contribution in [3.8, 4) is 0 Å². The summed E-state index contributed by atoms with van der Waals surface area (Å²) < 4.78 is 0. The third-order valence-electron chi connectivity index (χ3n) is 5.13. The number of hydrogen-bond donors (Lipinski definition) is 2. The first-order chi connectivity index (χ1) is 10.6. The Bertz CT molecular complexity index is 549. The zero-order valence-electron chi connectivity index (χ0n) is 14.4. The van der Waals surface area contributed by atoms with Gasteiger partial charge in [0, 0.05) is 12.7 Å². The molecule has 2 aliphatic heterocycles. The quantitative estimate of drug-likeness (QED) is 0.848. The van der Waals surface area contributed by atoms with Crippen molar-refractivity contribution in [1.82, 2.24) is 20.5 Å². The van der Waals surface area contributed by atoms with Crippen LogP contribution in [0.1, 0.15) is 30.5 Å². The summed E-state index contributed by atoms with van der Waals surface area (Å²) in [6.07, 6.45) is 5.14. The van der Waals surface area contributed by atoms with Gasteiger partial charge in [0.1, 0.15) is 0 Å². The zero-order valence-corrected chi connectivity index (χ0v) is 16.0. The number of nitrogens with one attached hydrogen (secondary N) is 2. The van der Waals surface area contributed by atoms with Gasteiger partial charge in [-0.1, -0.05) is 0 Å². The fraction of sp³-hybridized carbons (Fsp3) is 0.647. The highest BCUT2D eigenvalue weighted by atomic mass is 35.5. The molecule has 3 rings (SSSR count). The summed E-state index contributed by atoms with van der Waals surface area (Å²) in [5.74, 6) is 0.140. The van der Waals surface area contributed by atoms with Gasteiger partial charge in [-0.25, -0.2) is 0 Å². The Hall–Kier alpha value is -0.880. The summed E-state index contributed by atoms with van der Waals surface area (Å²) >= 11 is 0. The summed E-state index contributed by atoms with van der Waals surface area (Å²) in [6.45, 7) is 5.75. The van der Waals surface area contributed by atoms with Gasteiger partial charge in [0.25, 0.3) is 0 Å². The maximum absolute atomic E-state index is 12.5. The SMILES string of the molecule is Cc1ccnc(CNC(=O)C2CC3(CCNCC3)CN2C)c1.Cl.Cl. The van der Waals surface area contributed by atoms with E-state index < -0.39 is 0 Å². The summed E-state index contributed by atoms with van der Waals surface area (Å²) in [7, 11) is 2.08. The first-order valence-corrected chi connectivity index (χ1v) is 8.18. The number of nitrogens with zero attached hydrogens (tertiary/aromatic N) is 2. The van der Waals surface area contributed by atoms with Gasteiger partial charge in [-0.2, -0.15) is 0 Å². The standard InChI is InChI=1S/C17H26N4O.2ClH/c1-13-3-6-19-14(9-13)11-20-16(22)15-10-17(12-21(15)2)4-7-18-8-5-17;;/h3,6,9,15,18H,4-5,7-8,10-12H2,1-2H3,(H,20,22);2*1H. The molecule has 24 heavy (non-hydrogen) atoms. The molecular weight excluding hydrogens is 347 g/mol. The lowest BCUT2D eigenvalue weighted by Crippen LogP contribution is -2.41. The van der Waals surface area contributed by atoms with E-state index in [0.29, 0.717) is 12.0 Å². The second kappa shape index (κ2) is 8.99. The van der Waals surface area contributed by atoms with Crippen LogP contribution in [0, 0.1) is 12.3 Å². The molecule has 2 saturated heterocycles. The molecule has 2 aliphatic rings. The van der Waals surface area contributed by atoms with Gasteiger partial charge in [0.2, 0.25) is 5.91 Å². The highest BCUT2D eigenvalue weighted by molar-refractivity contribution is 5.85. The Morgan fingerprint density at radius 3 is 2.79 bits per heavy atom. The van der Waals surface area contributed by atoms with Gasteiger partial charge in [-0.3, -0.25) is 14.7 Å². The number of carbonyl (C=O) groups is 1. The Kier molecular flexibility index (Phi) is 7.93. The maximum atomic E-state index is 12.5. The fourth-order valence-electron chi connectivity index (χ4n) is 3.87. The van der Waals surface area contributed by atoms with Crippen molar-refractivity contribution < 1.29 is 4.79 Å². The number of aromatic nitrogens is 1. The summed E-state index contributed by atoms with van der Waals surface area (Å²) in [5.41, 5.74) is 2.43. The van der Waals surface area contributed by atoms with Crippen LogP contribution in [0.2, 0.25) is 0 Å². The first kappa shape index (κ1) is 21.2.